The molecule has 2 radical (unpaired) electrons. The maximum atomic E-state index is 10.7. The van der Waals surface area contributed by atoms with Gasteiger partial charge in [0.15, 0.2) is 0 Å². The first-order chi connectivity index (χ1) is 18.1. The molecule has 0 saturated carbocycles. The molecule has 4 aromatic rings. The maximum absolute atomic E-state index is 10.7. The van der Waals surface area contributed by atoms with Crippen LogP contribution >= 0.6 is 23.5 Å². The van der Waals surface area contributed by atoms with Gasteiger partial charge in [-0.3, -0.25) is 0 Å². The van der Waals surface area contributed by atoms with E-state index in [2.05, 4.69) is 0 Å². The van der Waals surface area contributed by atoms with Crippen LogP contribution in [-0.2, 0) is 0 Å². The summed E-state index contributed by atoms with van der Waals surface area (Å²) in [5, 5.41) is 35.1. The molecule has 0 fully saturated rings. The van der Waals surface area contributed by atoms with Crippen LogP contribution in [0.2, 0.25) is 0 Å². The van der Waals surface area contributed by atoms with Gasteiger partial charge in [-0.25, -0.2) is 19.2 Å². The third kappa shape index (κ3) is 10.3. The van der Waals surface area contributed by atoms with Gasteiger partial charge in [-0.1, -0.05) is 23.5 Å². The van der Waals surface area contributed by atoms with Crippen LogP contribution in [0.4, 0.5) is 0 Å². The van der Waals surface area contributed by atoms with E-state index in [0.717, 1.165) is 19.6 Å². The Kier molecular flexibility index (Phi) is 12.9. The first kappa shape index (κ1) is 32.2. The van der Waals surface area contributed by atoms with Crippen molar-refractivity contribution in [3.05, 3.63) is 119 Å². The molecule has 0 amide bonds. The van der Waals surface area contributed by atoms with Gasteiger partial charge < -0.3 is 20.4 Å². The van der Waals surface area contributed by atoms with E-state index in [1.54, 1.807) is 48.5 Å². The molecular weight excluding hydrogens is 666 g/mol. The van der Waals surface area contributed by atoms with Crippen molar-refractivity contribution in [3.63, 3.8) is 0 Å². The fourth-order valence-electron chi connectivity index (χ4n) is 2.93. The monoisotopic (exact) mass is 686 g/mol. The second-order valence-corrected chi connectivity index (χ2v) is 9.82. The van der Waals surface area contributed by atoms with Gasteiger partial charge in [-0.2, -0.15) is 0 Å². The zero-order valence-electron chi connectivity index (χ0n) is 20.2. The Labute approximate surface area is 272 Å². The van der Waals surface area contributed by atoms with E-state index >= 15 is 0 Å². The third-order valence-corrected chi connectivity index (χ3v) is 6.91. The van der Waals surface area contributed by atoms with Crippen molar-refractivity contribution in [3.8, 4) is 0 Å². The number of carboxylic acids is 4. The van der Waals surface area contributed by atoms with E-state index in [0.29, 0.717) is 0 Å². The molecule has 0 atom stereocenters. The maximum Gasteiger partial charge on any atom is 0.335 e. The fraction of sp³-hybridized carbons (Fsp3) is 0. The minimum Gasteiger partial charge on any atom is -0.478 e. The van der Waals surface area contributed by atoms with Crippen LogP contribution < -0.4 is 0 Å². The summed E-state index contributed by atoms with van der Waals surface area (Å²) in [7, 11) is 0. The SMILES string of the molecule is O=C(O)c1ccc(Sc2ccc(C(=O)O)cc2)cc1.O=C(O)c1ccc(Sc2ccc(C(=O)O)cc2)cc1.[Ba]. The predicted molar refractivity (Wildman–Crippen MR) is 148 cm³/mol. The van der Waals surface area contributed by atoms with Gasteiger partial charge in [0, 0.05) is 68.5 Å². The van der Waals surface area contributed by atoms with Crippen molar-refractivity contribution in [1.82, 2.24) is 0 Å². The molecule has 0 aliphatic rings. The molecular formula is C28H20BaO8S2. The standard InChI is InChI=1S/2C14H10O4S.Ba/c2*15-13(16)9-1-5-11(6-2-9)19-12-7-3-10(4-8-12)14(17)18;/h2*1-8H,(H,15,16)(H,17,18);. The van der Waals surface area contributed by atoms with Gasteiger partial charge in [-0.15, -0.1) is 0 Å². The third-order valence-electron chi connectivity index (χ3n) is 4.88. The van der Waals surface area contributed by atoms with E-state index in [1.807, 2.05) is 0 Å². The normalized spacial score (nSPS) is 9.85. The average molecular weight is 686 g/mol. The molecule has 0 aromatic heterocycles. The summed E-state index contributed by atoms with van der Waals surface area (Å²) in [6, 6.07) is 26.1. The molecule has 11 heteroatoms. The molecule has 39 heavy (non-hydrogen) atoms. The minimum absolute atomic E-state index is 0. The molecule has 0 spiro atoms. The van der Waals surface area contributed by atoms with Gasteiger partial charge >= 0.3 is 23.9 Å². The number of carboxylic acid groups (broad SMARTS) is 4. The van der Waals surface area contributed by atoms with Gasteiger partial charge in [0.2, 0.25) is 0 Å². The van der Waals surface area contributed by atoms with Gasteiger partial charge in [0.1, 0.15) is 0 Å². The molecule has 8 nitrogen and oxygen atoms in total. The van der Waals surface area contributed by atoms with Gasteiger partial charge in [-0.05, 0) is 97.1 Å². The Balaban J connectivity index is 0.000000267. The van der Waals surface area contributed by atoms with E-state index in [9.17, 15) is 19.2 Å². The zero-order valence-corrected chi connectivity index (χ0v) is 26.3. The summed E-state index contributed by atoms with van der Waals surface area (Å²) < 4.78 is 0. The van der Waals surface area contributed by atoms with Crippen molar-refractivity contribution in [2.75, 3.05) is 0 Å². The Morgan fingerprint density at radius 3 is 0.641 bits per heavy atom. The summed E-state index contributed by atoms with van der Waals surface area (Å²) in [5.41, 5.74) is 0.965. The van der Waals surface area contributed by atoms with Crippen molar-refractivity contribution >= 4 is 96.3 Å². The van der Waals surface area contributed by atoms with Gasteiger partial charge in [0.05, 0.1) is 22.3 Å². The molecule has 194 valence electrons. The second kappa shape index (κ2) is 15.6. The molecule has 0 saturated heterocycles. The predicted octanol–water partition coefficient (Wildman–Crippen LogP) is 6.09. The number of rotatable bonds is 8. The Bertz CT molecular complexity index is 1210. The number of carbonyl (C=O) groups is 4. The Morgan fingerprint density at radius 1 is 0.359 bits per heavy atom. The Hall–Kier alpha value is -2.97. The molecule has 4 aromatic carbocycles. The molecule has 0 bridgehead atoms. The first-order valence-corrected chi connectivity index (χ1v) is 12.4. The summed E-state index contributed by atoms with van der Waals surface area (Å²) >= 11 is 2.89. The molecule has 4 rings (SSSR count). The number of hydrogen-bond acceptors (Lipinski definition) is 6. The Morgan fingerprint density at radius 2 is 0.513 bits per heavy atom. The van der Waals surface area contributed by atoms with Crippen molar-refractivity contribution in [2.24, 2.45) is 0 Å². The van der Waals surface area contributed by atoms with E-state index < -0.39 is 23.9 Å². The van der Waals surface area contributed by atoms with Crippen molar-refractivity contribution in [2.45, 2.75) is 19.6 Å². The average Bonchev–Trinajstić information content (AvgIpc) is 2.90. The topological polar surface area (TPSA) is 149 Å². The molecule has 0 heterocycles. The van der Waals surface area contributed by atoms with Crippen LogP contribution in [0.15, 0.2) is 117 Å². The van der Waals surface area contributed by atoms with Crippen LogP contribution in [0.1, 0.15) is 41.4 Å². The second-order valence-electron chi connectivity index (χ2n) is 7.52. The van der Waals surface area contributed by atoms with E-state index in [-0.39, 0.29) is 71.1 Å². The quantitative estimate of drug-likeness (QED) is 0.161. The van der Waals surface area contributed by atoms with Crippen LogP contribution in [0.25, 0.3) is 0 Å². The largest absolute Gasteiger partial charge is 0.478 e. The smallest absolute Gasteiger partial charge is 0.335 e. The van der Waals surface area contributed by atoms with Crippen molar-refractivity contribution < 1.29 is 39.6 Å². The minimum atomic E-state index is -0.956. The fourth-order valence-corrected chi connectivity index (χ4v) is 4.57. The first-order valence-electron chi connectivity index (χ1n) is 10.8. The van der Waals surface area contributed by atoms with Crippen LogP contribution in [-0.4, -0.2) is 93.2 Å². The summed E-state index contributed by atoms with van der Waals surface area (Å²) in [5.74, 6) is -3.82. The summed E-state index contributed by atoms with van der Waals surface area (Å²) in [4.78, 5) is 46.4. The zero-order chi connectivity index (χ0) is 27.7. The summed E-state index contributed by atoms with van der Waals surface area (Å²) in [6.07, 6.45) is 0. The van der Waals surface area contributed by atoms with Crippen LogP contribution in [0, 0.1) is 0 Å². The number of aromatic carboxylic acids is 4. The van der Waals surface area contributed by atoms with Crippen molar-refractivity contribution in [1.29, 1.82) is 0 Å². The van der Waals surface area contributed by atoms with E-state index in [1.165, 1.54) is 72.1 Å². The van der Waals surface area contributed by atoms with Crippen LogP contribution in [0.5, 0.6) is 0 Å². The number of benzene rings is 4. The van der Waals surface area contributed by atoms with Gasteiger partial charge in [0.25, 0.3) is 0 Å². The molecule has 0 aliphatic heterocycles. The molecule has 4 N–H and O–H groups in total. The van der Waals surface area contributed by atoms with Crippen LogP contribution in [0.3, 0.4) is 0 Å². The molecule has 0 unspecified atom stereocenters. The molecule has 0 aliphatic carbocycles. The summed E-state index contributed by atoms with van der Waals surface area (Å²) in [6.45, 7) is 0. The van der Waals surface area contributed by atoms with E-state index in [4.69, 9.17) is 20.4 Å². The number of hydrogen-bond donors (Lipinski definition) is 4.